The molecule has 1 heterocycles. The van der Waals surface area contributed by atoms with E-state index in [9.17, 15) is 0 Å². The van der Waals surface area contributed by atoms with Crippen molar-refractivity contribution in [3.05, 3.63) is 12.4 Å². The molecule has 0 unspecified atom stereocenters. The minimum absolute atomic E-state index is 0.847. The second-order valence-electron chi connectivity index (χ2n) is 1.18. The van der Waals surface area contributed by atoms with Crippen molar-refractivity contribution < 1.29 is 0 Å². The summed E-state index contributed by atoms with van der Waals surface area (Å²) in [6, 6.07) is 0. The van der Waals surface area contributed by atoms with Gasteiger partial charge in [0.1, 0.15) is 6.20 Å². The van der Waals surface area contributed by atoms with Crippen molar-refractivity contribution in [2.24, 2.45) is 0 Å². The molecular formula is C4H6N3. The van der Waals surface area contributed by atoms with Crippen molar-refractivity contribution in [1.82, 2.24) is 15.0 Å². The standard InChI is InChI=1S/C4H6N3/c1-2-7-4-3-5-6-7/h3H,2H2,1H3. The number of aromatic nitrogens is 3. The van der Waals surface area contributed by atoms with Crippen molar-refractivity contribution in [2.45, 2.75) is 13.5 Å². The molecule has 37 valence electrons. The molecule has 0 saturated carbocycles. The van der Waals surface area contributed by atoms with Crippen LogP contribution < -0.4 is 0 Å². The highest BCUT2D eigenvalue weighted by Gasteiger charge is 1.80. The topological polar surface area (TPSA) is 30.7 Å². The summed E-state index contributed by atoms with van der Waals surface area (Å²) in [4.78, 5) is 0. The molecule has 1 radical (unpaired) electrons. The van der Waals surface area contributed by atoms with E-state index in [2.05, 4.69) is 16.5 Å². The number of aryl methyl sites for hydroxylation is 1. The van der Waals surface area contributed by atoms with Crippen LogP contribution in [0.1, 0.15) is 6.92 Å². The van der Waals surface area contributed by atoms with Gasteiger partial charge in [0.15, 0.2) is 0 Å². The van der Waals surface area contributed by atoms with Gasteiger partial charge >= 0.3 is 0 Å². The summed E-state index contributed by atoms with van der Waals surface area (Å²) in [7, 11) is 0. The largest absolute Gasteiger partial charge is 0.243 e. The predicted octanol–water partition coefficient (Wildman–Crippen LogP) is 0.0982. The Morgan fingerprint density at radius 3 is 3.00 bits per heavy atom. The summed E-state index contributed by atoms with van der Waals surface area (Å²) in [6.07, 6.45) is 4.33. The molecule has 0 N–H and O–H groups in total. The second kappa shape index (κ2) is 1.73. The molecular weight excluding hydrogens is 90.1 g/mol. The zero-order chi connectivity index (χ0) is 5.11. The third-order valence-electron chi connectivity index (χ3n) is 0.724. The van der Waals surface area contributed by atoms with Gasteiger partial charge in [0.05, 0.1) is 6.20 Å². The van der Waals surface area contributed by atoms with Crippen LogP contribution in [0.3, 0.4) is 0 Å². The van der Waals surface area contributed by atoms with Gasteiger partial charge in [0.25, 0.3) is 0 Å². The average Bonchev–Trinajstić information content (AvgIpc) is 2.14. The maximum atomic E-state index is 3.65. The van der Waals surface area contributed by atoms with Gasteiger partial charge in [0, 0.05) is 6.54 Å². The zero-order valence-electron chi connectivity index (χ0n) is 4.13. The highest BCUT2D eigenvalue weighted by atomic mass is 15.4. The van der Waals surface area contributed by atoms with Gasteiger partial charge in [-0.3, -0.25) is 0 Å². The molecule has 3 heteroatoms. The Kier molecular flexibility index (Phi) is 1.06. The van der Waals surface area contributed by atoms with E-state index in [4.69, 9.17) is 0 Å². The molecule has 0 aromatic carbocycles. The molecule has 0 aliphatic carbocycles. The molecule has 0 amide bonds. The van der Waals surface area contributed by atoms with E-state index in [-0.39, 0.29) is 0 Å². The van der Waals surface area contributed by atoms with E-state index in [1.54, 1.807) is 10.9 Å². The summed E-state index contributed by atoms with van der Waals surface area (Å²) in [5, 5.41) is 7.20. The van der Waals surface area contributed by atoms with Gasteiger partial charge in [-0.1, -0.05) is 5.21 Å². The smallest absolute Gasteiger partial charge is 0.108 e. The lowest BCUT2D eigenvalue weighted by Crippen LogP contribution is -1.93. The lowest BCUT2D eigenvalue weighted by Gasteiger charge is -1.84. The molecule has 0 aliphatic heterocycles. The SMILES string of the molecule is CCn1[c]cnn1. The van der Waals surface area contributed by atoms with E-state index in [0.717, 1.165) is 6.54 Å². The summed E-state index contributed by atoms with van der Waals surface area (Å²) in [6.45, 7) is 2.84. The van der Waals surface area contributed by atoms with Crippen molar-refractivity contribution in [3.8, 4) is 0 Å². The number of hydrogen-bond donors (Lipinski definition) is 0. The fourth-order valence-corrected chi connectivity index (χ4v) is 0.361. The first-order chi connectivity index (χ1) is 3.43. The van der Waals surface area contributed by atoms with Gasteiger partial charge in [-0.2, -0.15) is 0 Å². The van der Waals surface area contributed by atoms with Crippen LogP contribution in [0.15, 0.2) is 6.20 Å². The highest BCUT2D eigenvalue weighted by Crippen LogP contribution is 1.73. The molecule has 3 nitrogen and oxygen atoms in total. The van der Waals surface area contributed by atoms with Gasteiger partial charge < -0.3 is 0 Å². The molecule has 1 aromatic rings. The molecule has 0 atom stereocenters. The Balaban J connectivity index is 2.76. The van der Waals surface area contributed by atoms with E-state index < -0.39 is 0 Å². The second-order valence-corrected chi connectivity index (χ2v) is 1.18. The van der Waals surface area contributed by atoms with Crippen LogP contribution in [0, 0.1) is 6.20 Å². The number of rotatable bonds is 1. The lowest BCUT2D eigenvalue weighted by molar-refractivity contribution is 0.623. The third-order valence-corrected chi connectivity index (χ3v) is 0.724. The third kappa shape index (κ3) is 0.765. The van der Waals surface area contributed by atoms with E-state index in [1.807, 2.05) is 6.92 Å². The average molecular weight is 96.1 g/mol. The van der Waals surface area contributed by atoms with Crippen LogP contribution in [0.5, 0.6) is 0 Å². The van der Waals surface area contributed by atoms with E-state index in [1.165, 1.54) is 0 Å². The normalized spacial score (nSPS) is 9.29. The first kappa shape index (κ1) is 4.30. The fourth-order valence-electron chi connectivity index (χ4n) is 0.361. The fraction of sp³-hybridized carbons (Fsp3) is 0.500. The Morgan fingerprint density at radius 2 is 2.71 bits per heavy atom. The first-order valence-electron chi connectivity index (χ1n) is 2.19. The maximum Gasteiger partial charge on any atom is 0.108 e. The van der Waals surface area contributed by atoms with Crippen LogP contribution in [-0.4, -0.2) is 15.0 Å². The van der Waals surface area contributed by atoms with Crippen molar-refractivity contribution in [3.63, 3.8) is 0 Å². The summed E-state index contributed by atoms with van der Waals surface area (Å²) < 4.78 is 1.64. The Morgan fingerprint density at radius 1 is 1.86 bits per heavy atom. The Hall–Kier alpha value is -0.860. The quantitative estimate of drug-likeness (QED) is 0.496. The van der Waals surface area contributed by atoms with Gasteiger partial charge in [0.2, 0.25) is 0 Å². The van der Waals surface area contributed by atoms with Gasteiger partial charge in [-0.15, -0.1) is 5.10 Å². The minimum Gasteiger partial charge on any atom is -0.243 e. The molecule has 0 bridgehead atoms. The van der Waals surface area contributed by atoms with E-state index in [0.29, 0.717) is 0 Å². The van der Waals surface area contributed by atoms with Crippen LogP contribution in [0.25, 0.3) is 0 Å². The van der Waals surface area contributed by atoms with Crippen LogP contribution >= 0.6 is 0 Å². The number of hydrogen-bond acceptors (Lipinski definition) is 2. The molecule has 1 rings (SSSR count). The Labute approximate surface area is 42.0 Å². The summed E-state index contributed by atoms with van der Waals surface area (Å²) in [5.74, 6) is 0. The molecule has 0 fully saturated rings. The van der Waals surface area contributed by atoms with Crippen LogP contribution in [-0.2, 0) is 6.54 Å². The minimum atomic E-state index is 0.847. The lowest BCUT2D eigenvalue weighted by atomic mass is 10.7. The van der Waals surface area contributed by atoms with E-state index >= 15 is 0 Å². The van der Waals surface area contributed by atoms with Crippen molar-refractivity contribution in [2.75, 3.05) is 0 Å². The van der Waals surface area contributed by atoms with Crippen LogP contribution in [0.4, 0.5) is 0 Å². The maximum absolute atomic E-state index is 3.65. The molecule has 0 saturated heterocycles. The molecule has 0 aliphatic rings. The Bertz CT molecular complexity index is 121. The molecule has 7 heavy (non-hydrogen) atoms. The summed E-state index contributed by atoms with van der Waals surface area (Å²) >= 11 is 0. The van der Waals surface area contributed by atoms with Gasteiger partial charge in [-0.05, 0) is 6.92 Å². The van der Waals surface area contributed by atoms with Crippen molar-refractivity contribution in [1.29, 1.82) is 0 Å². The van der Waals surface area contributed by atoms with Crippen molar-refractivity contribution >= 4 is 0 Å². The first-order valence-corrected chi connectivity index (χ1v) is 2.19. The predicted molar refractivity (Wildman–Crippen MR) is 24.5 cm³/mol. The number of nitrogens with zero attached hydrogens (tertiary/aromatic N) is 3. The monoisotopic (exact) mass is 96.1 g/mol. The molecule has 0 spiro atoms. The summed E-state index contributed by atoms with van der Waals surface area (Å²) in [5.41, 5.74) is 0. The highest BCUT2D eigenvalue weighted by molar-refractivity contribution is 4.58. The van der Waals surface area contributed by atoms with Crippen LogP contribution in [0.2, 0.25) is 0 Å². The molecule has 1 aromatic heterocycles. The zero-order valence-corrected chi connectivity index (χ0v) is 4.13. The van der Waals surface area contributed by atoms with Gasteiger partial charge in [-0.25, -0.2) is 4.68 Å².